The zero-order valence-corrected chi connectivity index (χ0v) is 13.0. The molecule has 0 spiro atoms. The highest BCUT2D eigenvalue weighted by Gasteiger charge is 2.07. The van der Waals surface area contributed by atoms with Crippen LogP contribution in [0.3, 0.4) is 0 Å². The highest BCUT2D eigenvalue weighted by Crippen LogP contribution is 2.22. The molecule has 0 aliphatic rings. The van der Waals surface area contributed by atoms with Gasteiger partial charge in [0.1, 0.15) is 0 Å². The van der Waals surface area contributed by atoms with Crippen molar-refractivity contribution in [1.82, 2.24) is 19.9 Å². The molecule has 2 heterocycles. The molecule has 1 atom stereocenters. The first kappa shape index (κ1) is 14.2. The predicted octanol–water partition coefficient (Wildman–Crippen LogP) is 3.10. The second kappa shape index (κ2) is 6.83. The molecular formula is C16H20N4S. The van der Waals surface area contributed by atoms with Gasteiger partial charge < -0.3 is 9.88 Å². The number of rotatable bonds is 7. The van der Waals surface area contributed by atoms with E-state index in [1.807, 2.05) is 24.8 Å². The normalized spacial score (nSPS) is 12.8. The summed E-state index contributed by atoms with van der Waals surface area (Å²) >= 11 is 1.80. The third-order valence-corrected chi connectivity index (χ3v) is 4.52. The fraction of sp³-hybridized carbons (Fsp3) is 0.375. The van der Waals surface area contributed by atoms with Crippen LogP contribution in [0.15, 0.2) is 43.0 Å². The number of imidazole rings is 1. The van der Waals surface area contributed by atoms with Gasteiger partial charge in [0.15, 0.2) is 0 Å². The molecule has 3 aromatic rings. The van der Waals surface area contributed by atoms with Gasteiger partial charge in [0.05, 0.1) is 21.6 Å². The first-order valence-corrected chi connectivity index (χ1v) is 8.16. The van der Waals surface area contributed by atoms with Gasteiger partial charge in [-0.15, -0.1) is 11.3 Å². The van der Waals surface area contributed by atoms with Crippen molar-refractivity contribution in [3.8, 4) is 0 Å². The Bertz CT molecular complexity index is 641. The maximum absolute atomic E-state index is 4.69. The van der Waals surface area contributed by atoms with Crippen molar-refractivity contribution < 1.29 is 0 Å². The molecule has 0 aliphatic heterocycles. The molecule has 1 aromatic carbocycles. The van der Waals surface area contributed by atoms with Gasteiger partial charge in [-0.3, -0.25) is 0 Å². The van der Waals surface area contributed by atoms with Gasteiger partial charge in [0.25, 0.3) is 0 Å². The molecule has 0 fully saturated rings. The Morgan fingerprint density at radius 1 is 1.33 bits per heavy atom. The fourth-order valence-corrected chi connectivity index (χ4v) is 3.47. The highest BCUT2D eigenvalue weighted by molar-refractivity contribution is 7.18. The molecular weight excluding hydrogens is 280 g/mol. The molecule has 0 aliphatic carbocycles. The fourth-order valence-electron chi connectivity index (χ4n) is 2.37. The highest BCUT2D eigenvalue weighted by atomic mass is 32.1. The quantitative estimate of drug-likeness (QED) is 0.682. The Morgan fingerprint density at radius 3 is 3.05 bits per heavy atom. The van der Waals surface area contributed by atoms with Crippen molar-refractivity contribution in [3.63, 3.8) is 0 Å². The third kappa shape index (κ3) is 3.89. The SMILES string of the molecule is C[C@H](Cc1nc2ccccc2s1)NCCCn1ccnc1. The average molecular weight is 300 g/mol. The van der Waals surface area contributed by atoms with Crippen LogP contribution in [0.4, 0.5) is 0 Å². The maximum atomic E-state index is 4.69. The summed E-state index contributed by atoms with van der Waals surface area (Å²) in [6.07, 6.45) is 7.79. The van der Waals surface area contributed by atoms with Crippen molar-refractivity contribution >= 4 is 21.6 Å². The van der Waals surface area contributed by atoms with Crippen LogP contribution in [0.2, 0.25) is 0 Å². The smallest absolute Gasteiger partial charge is 0.0954 e. The molecule has 0 unspecified atom stereocenters. The molecule has 0 amide bonds. The second-order valence-electron chi connectivity index (χ2n) is 5.29. The number of para-hydroxylation sites is 1. The predicted molar refractivity (Wildman–Crippen MR) is 87.6 cm³/mol. The maximum Gasteiger partial charge on any atom is 0.0954 e. The summed E-state index contributed by atoms with van der Waals surface area (Å²) in [6.45, 7) is 4.26. The molecule has 3 rings (SSSR count). The molecule has 0 bridgehead atoms. The van der Waals surface area contributed by atoms with Crippen molar-refractivity contribution in [2.45, 2.75) is 32.4 Å². The molecule has 0 radical (unpaired) electrons. The van der Waals surface area contributed by atoms with Crippen LogP contribution < -0.4 is 5.32 Å². The van der Waals surface area contributed by atoms with E-state index in [9.17, 15) is 0 Å². The standard InChI is InChI=1S/C16H20N4S/c1-13(18-7-4-9-20-10-8-17-12-20)11-16-19-14-5-2-3-6-15(14)21-16/h2-3,5-6,8,10,12-13,18H,4,7,9,11H2,1H3/t13-/m1/s1. The molecule has 0 saturated heterocycles. The minimum absolute atomic E-state index is 0.452. The van der Waals surface area contributed by atoms with E-state index in [0.717, 1.165) is 31.4 Å². The van der Waals surface area contributed by atoms with E-state index < -0.39 is 0 Å². The lowest BCUT2D eigenvalue weighted by molar-refractivity contribution is 0.509. The summed E-state index contributed by atoms with van der Waals surface area (Å²) < 4.78 is 3.39. The number of thiazole rings is 1. The van der Waals surface area contributed by atoms with Gasteiger partial charge in [-0.25, -0.2) is 9.97 Å². The first-order chi connectivity index (χ1) is 10.3. The molecule has 4 nitrogen and oxygen atoms in total. The summed E-state index contributed by atoms with van der Waals surface area (Å²) in [5.74, 6) is 0. The first-order valence-electron chi connectivity index (χ1n) is 7.35. The molecule has 21 heavy (non-hydrogen) atoms. The van der Waals surface area contributed by atoms with E-state index in [1.54, 1.807) is 11.3 Å². The second-order valence-corrected chi connectivity index (χ2v) is 6.40. The Hall–Kier alpha value is -1.72. The van der Waals surface area contributed by atoms with Crippen molar-refractivity contribution in [3.05, 3.63) is 48.0 Å². The van der Waals surface area contributed by atoms with Crippen molar-refractivity contribution in [2.24, 2.45) is 0 Å². The number of hydrogen-bond donors (Lipinski definition) is 1. The lowest BCUT2D eigenvalue weighted by Gasteiger charge is -2.12. The number of hydrogen-bond acceptors (Lipinski definition) is 4. The molecule has 0 saturated carbocycles. The Morgan fingerprint density at radius 2 is 2.24 bits per heavy atom. The summed E-state index contributed by atoms with van der Waals surface area (Å²) in [7, 11) is 0. The number of aromatic nitrogens is 3. The Labute approximate surface area is 128 Å². The van der Waals surface area contributed by atoms with E-state index >= 15 is 0 Å². The lowest BCUT2D eigenvalue weighted by Crippen LogP contribution is -2.29. The summed E-state index contributed by atoms with van der Waals surface area (Å²) in [5.41, 5.74) is 1.12. The van der Waals surface area contributed by atoms with Gasteiger partial charge in [0, 0.05) is 31.4 Å². The Kier molecular flexibility index (Phi) is 4.62. The molecule has 1 N–H and O–H groups in total. The zero-order chi connectivity index (χ0) is 14.5. The van der Waals surface area contributed by atoms with Gasteiger partial charge >= 0.3 is 0 Å². The molecule has 2 aromatic heterocycles. The monoisotopic (exact) mass is 300 g/mol. The molecule has 110 valence electrons. The number of fused-ring (bicyclic) bond motifs is 1. The summed E-state index contributed by atoms with van der Waals surface area (Å²) in [6, 6.07) is 8.79. The minimum Gasteiger partial charge on any atom is -0.337 e. The third-order valence-electron chi connectivity index (χ3n) is 3.46. The minimum atomic E-state index is 0.452. The zero-order valence-electron chi connectivity index (χ0n) is 12.2. The number of aryl methyl sites for hydroxylation is 1. The van der Waals surface area contributed by atoms with E-state index in [2.05, 4.69) is 45.0 Å². The van der Waals surface area contributed by atoms with Crippen LogP contribution in [-0.2, 0) is 13.0 Å². The number of benzene rings is 1. The van der Waals surface area contributed by atoms with Crippen molar-refractivity contribution in [2.75, 3.05) is 6.54 Å². The average Bonchev–Trinajstić information content (AvgIpc) is 3.12. The van der Waals surface area contributed by atoms with E-state index in [1.165, 1.54) is 9.71 Å². The number of nitrogens with one attached hydrogen (secondary N) is 1. The van der Waals surface area contributed by atoms with Gasteiger partial charge in [-0.2, -0.15) is 0 Å². The van der Waals surface area contributed by atoms with Gasteiger partial charge in [-0.05, 0) is 32.0 Å². The topological polar surface area (TPSA) is 42.7 Å². The van der Waals surface area contributed by atoms with E-state index in [0.29, 0.717) is 6.04 Å². The lowest BCUT2D eigenvalue weighted by atomic mass is 10.2. The van der Waals surface area contributed by atoms with Crippen LogP contribution >= 0.6 is 11.3 Å². The Balaban J connectivity index is 1.44. The van der Waals surface area contributed by atoms with Crippen LogP contribution in [-0.4, -0.2) is 27.1 Å². The van der Waals surface area contributed by atoms with Gasteiger partial charge in [-0.1, -0.05) is 12.1 Å². The molecule has 5 heteroatoms. The van der Waals surface area contributed by atoms with E-state index in [-0.39, 0.29) is 0 Å². The van der Waals surface area contributed by atoms with Crippen LogP contribution in [0.5, 0.6) is 0 Å². The summed E-state index contributed by atoms with van der Waals surface area (Å²) in [5, 5.41) is 4.78. The van der Waals surface area contributed by atoms with Crippen LogP contribution in [0, 0.1) is 0 Å². The van der Waals surface area contributed by atoms with Crippen LogP contribution in [0.1, 0.15) is 18.4 Å². The van der Waals surface area contributed by atoms with Crippen LogP contribution in [0.25, 0.3) is 10.2 Å². The largest absolute Gasteiger partial charge is 0.337 e. The van der Waals surface area contributed by atoms with E-state index in [4.69, 9.17) is 0 Å². The summed E-state index contributed by atoms with van der Waals surface area (Å²) in [4.78, 5) is 8.74. The van der Waals surface area contributed by atoms with Crippen molar-refractivity contribution in [1.29, 1.82) is 0 Å². The van der Waals surface area contributed by atoms with Gasteiger partial charge in [0.2, 0.25) is 0 Å². The number of nitrogens with zero attached hydrogens (tertiary/aromatic N) is 3.